The number of nitrogens with one attached hydrogen (secondary N) is 1. The number of benzene rings is 1. The van der Waals surface area contributed by atoms with Crippen molar-refractivity contribution in [3.63, 3.8) is 0 Å². The van der Waals surface area contributed by atoms with E-state index in [1.807, 2.05) is 25.7 Å². The van der Waals surface area contributed by atoms with Crippen LogP contribution in [0.4, 0.5) is 4.79 Å². The van der Waals surface area contributed by atoms with E-state index in [9.17, 15) is 9.59 Å². The van der Waals surface area contributed by atoms with Gasteiger partial charge < -0.3 is 19.9 Å². The van der Waals surface area contributed by atoms with Crippen LogP contribution in [0, 0.1) is 5.92 Å². The summed E-state index contributed by atoms with van der Waals surface area (Å²) in [5.74, 6) is 0.615. The van der Waals surface area contributed by atoms with Crippen molar-refractivity contribution in [3.8, 4) is 0 Å². The summed E-state index contributed by atoms with van der Waals surface area (Å²) in [6.07, 6.45) is 7.81. The van der Waals surface area contributed by atoms with E-state index in [1.54, 1.807) is 6.92 Å². The van der Waals surface area contributed by atoms with Gasteiger partial charge in [-0.25, -0.2) is 4.79 Å². The van der Waals surface area contributed by atoms with Crippen LogP contribution in [-0.4, -0.2) is 60.1 Å². The molecule has 4 rings (SSSR count). The summed E-state index contributed by atoms with van der Waals surface area (Å²) in [5, 5.41) is 3.16. The van der Waals surface area contributed by atoms with Crippen LogP contribution in [0.15, 0.2) is 24.3 Å². The quantitative estimate of drug-likeness (QED) is 0.672. The molecule has 0 radical (unpaired) electrons. The highest BCUT2D eigenvalue weighted by Crippen LogP contribution is 2.48. The maximum Gasteiger partial charge on any atom is 0.410 e. The van der Waals surface area contributed by atoms with E-state index in [-0.39, 0.29) is 23.5 Å². The van der Waals surface area contributed by atoms with Crippen LogP contribution >= 0.6 is 0 Å². The number of fused-ring (bicyclic) bond motifs is 2. The predicted octanol–water partition coefficient (Wildman–Crippen LogP) is 5.03. The van der Waals surface area contributed by atoms with Gasteiger partial charge in [0, 0.05) is 20.0 Å². The standard InChI is InChI=1S/C28H43N3O3/c1-21(32)29-25-11-13-28(24-10-6-5-9-23(24)25)14-18-30(19-15-28)17-12-22-8-7-16-31(20-22)26(33)34-27(2,3)4/h5-6,9-10,22,25H,7-8,11-20H2,1-4H3,(H,29,32)/t22?,25-/m0/s1. The minimum Gasteiger partial charge on any atom is -0.444 e. The molecule has 2 atom stereocenters. The highest BCUT2D eigenvalue weighted by atomic mass is 16.6. The number of hydrogen-bond donors (Lipinski definition) is 1. The molecule has 0 aromatic heterocycles. The molecule has 2 saturated heterocycles. The fourth-order valence-electron chi connectivity index (χ4n) is 6.27. The number of piperidine rings is 2. The lowest BCUT2D eigenvalue weighted by Gasteiger charge is -2.47. The molecule has 34 heavy (non-hydrogen) atoms. The van der Waals surface area contributed by atoms with Crippen molar-refractivity contribution in [3.05, 3.63) is 35.4 Å². The second-order valence-electron chi connectivity index (χ2n) is 11.7. The molecule has 2 fully saturated rings. The van der Waals surface area contributed by atoms with Gasteiger partial charge in [-0.15, -0.1) is 0 Å². The molecule has 3 aliphatic rings. The summed E-state index contributed by atoms with van der Waals surface area (Å²) in [6, 6.07) is 8.92. The summed E-state index contributed by atoms with van der Waals surface area (Å²) < 4.78 is 5.59. The third-order valence-electron chi connectivity index (χ3n) is 8.03. The molecular weight excluding hydrogens is 426 g/mol. The van der Waals surface area contributed by atoms with E-state index in [1.165, 1.54) is 30.4 Å². The predicted molar refractivity (Wildman–Crippen MR) is 135 cm³/mol. The molecule has 1 N–H and O–H groups in total. The van der Waals surface area contributed by atoms with Crippen molar-refractivity contribution in [2.24, 2.45) is 5.92 Å². The summed E-state index contributed by atoms with van der Waals surface area (Å²) in [5.41, 5.74) is 2.59. The van der Waals surface area contributed by atoms with Crippen molar-refractivity contribution in [2.45, 2.75) is 89.7 Å². The Bertz CT molecular complexity index is 870. The van der Waals surface area contributed by atoms with Gasteiger partial charge >= 0.3 is 6.09 Å². The zero-order valence-corrected chi connectivity index (χ0v) is 21.6. The first-order chi connectivity index (χ1) is 16.2. The zero-order valence-electron chi connectivity index (χ0n) is 21.6. The average Bonchev–Trinajstić information content (AvgIpc) is 2.80. The highest BCUT2D eigenvalue weighted by molar-refractivity contribution is 5.73. The molecule has 1 aliphatic carbocycles. The van der Waals surface area contributed by atoms with Gasteiger partial charge in [0.1, 0.15) is 5.60 Å². The molecule has 2 aliphatic heterocycles. The summed E-state index contributed by atoms with van der Waals surface area (Å²) in [6.45, 7) is 12.4. The largest absolute Gasteiger partial charge is 0.444 e. The van der Waals surface area contributed by atoms with Gasteiger partial charge in [-0.2, -0.15) is 0 Å². The van der Waals surface area contributed by atoms with Crippen LogP contribution in [0.25, 0.3) is 0 Å². The molecule has 1 aromatic rings. The maximum absolute atomic E-state index is 12.5. The molecule has 2 amide bonds. The molecule has 188 valence electrons. The molecule has 1 aromatic carbocycles. The first kappa shape index (κ1) is 25.0. The van der Waals surface area contributed by atoms with E-state index in [4.69, 9.17) is 4.74 Å². The van der Waals surface area contributed by atoms with Gasteiger partial charge in [-0.3, -0.25) is 4.79 Å². The number of likely N-dealkylation sites (tertiary alicyclic amines) is 2. The molecule has 2 heterocycles. The Morgan fingerprint density at radius 2 is 1.82 bits per heavy atom. The lowest BCUT2D eigenvalue weighted by atomic mass is 9.63. The van der Waals surface area contributed by atoms with Gasteiger partial charge in [0.15, 0.2) is 0 Å². The number of ether oxygens (including phenoxy) is 1. The van der Waals surface area contributed by atoms with Gasteiger partial charge in [-0.05, 0) is 108 Å². The average molecular weight is 470 g/mol. The number of carbonyl (C=O) groups excluding carboxylic acids is 2. The second kappa shape index (κ2) is 10.3. The number of amides is 2. The Morgan fingerprint density at radius 3 is 2.53 bits per heavy atom. The first-order valence-corrected chi connectivity index (χ1v) is 13.2. The van der Waals surface area contributed by atoms with Crippen LogP contribution in [0.5, 0.6) is 0 Å². The van der Waals surface area contributed by atoms with Crippen molar-refractivity contribution >= 4 is 12.0 Å². The lowest BCUT2D eigenvalue weighted by molar-refractivity contribution is -0.119. The third-order valence-corrected chi connectivity index (χ3v) is 8.03. The Kier molecular flexibility index (Phi) is 7.56. The fourth-order valence-corrected chi connectivity index (χ4v) is 6.27. The van der Waals surface area contributed by atoms with E-state index in [0.29, 0.717) is 5.92 Å². The van der Waals surface area contributed by atoms with Crippen LogP contribution in [-0.2, 0) is 14.9 Å². The Balaban J connectivity index is 1.30. The molecule has 0 saturated carbocycles. The Labute approximate surface area is 205 Å². The molecule has 6 nitrogen and oxygen atoms in total. The Morgan fingerprint density at radius 1 is 1.09 bits per heavy atom. The number of hydrogen-bond acceptors (Lipinski definition) is 4. The summed E-state index contributed by atoms with van der Waals surface area (Å²) in [4.78, 5) is 28.7. The smallest absolute Gasteiger partial charge is 0.410 e. The normalized spacial score (nSPS) is 25.0. The molecule has 1 spiro atoms. The van der Waals surface area contributed by atoms with E-state index < -0.39 is 5.60 Å². The van der Waals surface area contributed by atoms with Gasteiger partial charge in [0.25, 0.3) is 0 Å². The highest BCUT2D eigenvalue weighted by Gasteiger charge is 2.42. The van der Waals surface area contributed by atoms with Crippen molar-refractivity contribution in [2.75, 3.05) is 32.7 Å². The zero-order chi connectivity index (χ0) is 24.3. The summed E-state index contributed by atoms with van der Waals surface area (Å²) in [7, 11) is 0. The van der Waals surface area contributed by atoms with Crippen molar-refractivity contribution < 1.29 is 14.3 Å². The van der Waals surface area contributed by atoms with Gasteiger partial charge in [0.05, 0.1) is 6.04 Å². The van der Waals surface area contributed by atoms with Crippen LogP contribution < -0.4 is 5.32 Å². The lowest BCUT2D eigenvalue weighted by Crippen LogP contribution is -2.47. The molecule has 1 unspecified atom stereocenters. The van der Waals surface area contributed by atoms with Crippen molar-refractivity contribution in [1.82, 2.24) is 15.1 Å². The number of nitrogens with zero attached hydrogens (tertiary/aromatic N) is 2. The SMILES string of the molecule is CC(=O)N[C@H]1CCC2(CCN(CCC3CCCN(C(=O)OC(C)(C)C)C3)CC2)c2ccccc21. The molecular formula is C28H43N3O3. The van der Waals surface area contributed by atoms with Crippen LogP contribution in [0.2, 0.25) is 0 Å². The first-order valence-electron chi connectivity index (χ1n) is 13.2. The summed E-state index contributed by atoms with van der Waals surface area (Å²) >= 11 is 0. The van der Waals surface area contributed by atoms with E-state index in [2.05, 4.69) is 34.5 Å². The third kappa shape index (κ3) is 5.94. The topological polar surface area (TPSA) is 61.9 Å². The van der Waals surface area contributed by atoms with Crippen LogP contribution in [0.1, 0.15) is 89.8 Å². The van der Waals surface area contributed by atoms with Gasteiger partial charge in [0.2, 0.25) is 5.91 Å². The van der Waals surface area contributed by atoms with E-state index in [0.717, 1.165) is 58.4 Å². The van der Waals surface area contributed by atoms with Crippen LogP contribution in [0.3, 0.4) is 0 Å². The minimum atomic E-state index is -0.437. The molecule has 6 heteroatoms. The fraction of sp³-hybridized carbons (Fsp3) is 0.714. The minimum absolute atomic E-state index is 0.0542. The number of rotatable bonds is 4. The second-order valence-corrected chi connectivity index (χ2v) is 11.7. The molecule has 0 bridgehead atoms. The Hall–Kier alpha value is -2.08. The number of carbonyl (C=O) groups is 2. The van der Waals surface area contributed by atoms with Gasteiger partial charge in [-0.1, -0.05) is 24.3 Å². The maximum atomic E-state index is 12.5. The van der Waals surface area contributed by atoms with E-state index >= 15 is 0 Å². The monoisotopic (exact) mass is 469 g/mol. The van der Waals surface area contributed by atoms with Crippen molar-refractivity contribution in [1.29, 1.82) is 0 Å².